The van der Waals surface area contributed by atoms with Gasteiger partial charge >= 0.3 is 0 Å². The molecule has 5 nitrogen and oxygen atoms in total. The first-order valence-electron chi connectivity index (χ1n) is 7.17. The summed E-state index contributed by atoms with van der Waals surface area (Å²) in [6.45, 7) is 3.86. The Balaban J connectivity index is 1.75. The first-order chi connectivity index (χ1) is 11.0. The quantitative estimate of drug-likeness (QED) is 0.570. The van der Waals surface area contributed by atoms with Gasteiger partial charge in [0, 0.05) is 12.2 Å². The van der Waals surface area contributed by atoms with E-state index in [1.807, 2.05) is 32.0 Å². The molecule has 23 heavy (non-hydrogen) atoms. The number of carbonyl (C=O) groups is 1. The van der Waals surface area contributed by atoms with Gasteiger partial charge in [0.2, 0.25) is 11.8 Å². The van der Waals surface area contributed by atoms with Gasteiger partial charge in [-0.2, -0.15) is 0 Å². The highest BCUT2D eigenvalue weighted by atomic mass is 16.3. The number of rotatable bonds is 3. The fraction of sp³-hybridized carbons (Fsp3) is 0.111. The van der Waals surface area contributed by atoms with Crippen LogP contribution in [0.5, 0.6) is 5.75 Å². The smallest absolute Gasteiger partial charge is 0.248 e. The number of hydrogen-bond donors (Lipinski definition) is 2. The van der Waals surface area contributed by atoms with Crippen molar-refractivity contribution in [2.75, 3.05) is 5.32 Å². The molecule has 116 valence electrons. The lowest BCUT2D eigenvalue weighted by Crippen LogP contribution is -2.08. The Hall–Kier alpha value is -3.08. The van der Waals surface area contributed by atoms with Gasteiger partial charge in [-0.15, -0.1) is 0 Å². The second-order valence-corrected chi connectivity index (χ2v) is 5.37. The van der Waals surface area contributed by atoms with Crippen LogP contribution in [0.4, 0.5) is 5.69 Å². The summed E-state index contributed by atoms with van der Waals surface area (Å²) in [7, 11) is 0. The summed E-state index contributed by atoms with van der Waals surface area (Å²) in [4.78, 5) is 16.2. The van der Waals surface area contributed by atoms with Crippen LogP contribution in [-0.4, -0.2) is 16.0 Å². The van der Waals surface area contributed by atoms with E-state index >= 15 is 0 Å². The molecule has 0 aliphatic carbocycles. The van der Waals surface area contributed by atoms with E-state index < -0.39 is 0 Å². The van der Waals surface area contributed by atoms with Gasteiger partial charge < -0.3 is 14.8 Å². The number of aromatic nitrogens is 1. The molecular formula is C18H16N2O3. The molecule has 0 radical (unpaired) electrons. The van der Waals surface area contributed by atoms with E-state index in [1.54, 1.807) is 12.1 Å². The molecule has 1 heterocycles. The van der Waals surface area contributed by atoms with Crippen LogP contribution in [0.1, 0.15) is 17.0 Å². The van der Waals surface area contributed by atoms with Crippen LogP contribution in [0, 0.1) is 13.8 Å². The Morgan fingerprint density at radius 3 is 2.74 bits per heavy atom. The molecule has 0 spiro atoms. The predicted octanol–water partition coefficient (Wildman–Crippen LogP) is 3.80. The minimum absolute atomic E-state index is 0.0229. The van der Waals surface area contributed by atoms with Gasteiger partial charge in [0.1, 0.15) is 11.3 Å². The van der Waals surface area contributed by atoms with Crippen molar-refractivity contribution < 1.29 is 14.3 Å². The molecule has 0 unspecified atom stereocenters. The number of hydrogen-bond acceptors (Lipinski definition) is 4. The molecular weight excluding hydrogens is 292 g/mol. The highest BCUT2D eigenvalue weighted by Gasteiger charge is 2.06. The molecule has 0 bridgehead atoms. The summed E-state index contributed by atoms with van der Waals surface area (Å²) in [5.41, 5.74) is 3.83. The number of nitrogens with one attached hydrogen (secondary N) is 1. The van der Waals surface area contributed by atoms with Gasteiger partial charge in [-0.05, 0) is 49.2 Å². The molecule has 0 saturated heterocycles. The second kappa shape index (κ2) is 5.96. The third-order valence-electron chi connectivity index (χ3n) is 3.35. The van der Waals surface area contributed by atoms with Crippen molar-refractivity contribution in [2.45, 2.75) is 13.8 Å². The van der Waals surface area contributed by atoms with Crippen LogP contribution >= 0.6 is 0 Å². The molecule has 0 aliphatic heterocycles. The SMILES string of the molecule is Cc1ccc(O)c(NC(=O)C=Cc2nc3cc(C)ccc3o2)c1. The third kappa shape index (κ3) is 3.40. The van der Waals surface area contributed by atoms with Crippen LogP contribution < -0.4 is 5.32 Å². The summed E-state index contributed by atoms with van der Waals surface area (Å²) in [6.07, 6.45) is 2.82. The van der Waals surface area contributed by atoms with Crippen molar-refractivity contribution in [3.8, 4) is 5.75 Å². The number of phenols is 1. The Labute approximate surface area is 133 Å². The lowest BCUT2D eigenvalue weighted by Gasteiger charge is -2.05. The van der Waals surface area contributed by atoms with Crippen molar-refractivity contribution in [3.63, 3.8) is 0 Å². The van der Waals surface area contributed by atoms with Gasteiger partial charge in [0.05, 0.1) is 5.69 Å². The predicted molar refractivity (Wildman–Crippen MR) is 89.3 cm³/mol. The van der Waals surface area contributed by atoms with Crippen LogP contribution in [0.15, 0.2) is 46.9 Å². The monoisotopic (exact) mass is 308 g/mol. The van der Waals surface area contributed by atoms with Gasteiger partial charge in [-0.1, -0.05) is 12.1 Å². The zero-order chi connectivity index (χ0) is 16.4. The van der Waals surface area contributed by atoms with Gasteiger partial charge in [0.25, 0.3) is 0 Å². The number of aryl methyl sites for hydroxylation is 2. The van der Waals surface area contributed by atoms with Crippen molar-refractivity contribution in [1.82, 2.24) is 4.98 Å². The number of fused-ring (bicyclic) bond motifs is 1. The number of benzene rings is 2. The van der Waals surface area contributed by atoms with Crippen molar-refractivity contribution >= 4 is 28.8 Å². The molecule has 1 amide bonds. The van der Waals surface area contributed by atoms with E-state index in [1.165, 1.54) is 18.2 Å². The minimum Gasteiger partial charge on any atom is -0.506 e. The molecule has 3 rings (SSSR count). The van der Waals surface area contributed by atoms with Crippen molar-refractivity contribution in [2.24, 2.45) is 0 Å². The van der Waals surface area contributed by atoms with Crippen molar-refractivity contribution in [3.05, 3.63) is 59.5 Å². The Morgan fingerprint density at radius 1 is 1.17 bits per heavy atom. The molecule has 1 aromatic heterocycles. The molecule has 2 N–H and O–H groups in total. The number of nitrogens with zero attached hydrogens (tertiary/aromatic N) is 1. The minimum atomic E-state index is -0.371. The van der Waals surface area contributed by atoms with Gasteiger partial charge in [0.15, 0.2) is 5.58 Å². The van der Waals surface area contributed by atoms with E-state index in [-0.39, 0.29) is 11.7 Å². The molecule has 0 aliphatic rings. The Bertz CT molecular complexity index is 910. The van der Waals surface area contributed by atoms with Crippen LogP contribution in [0.2, 0.25) is 0 Å². The maximum absolute atomic E-state index is 11.9. The number of phenolic OH excluding ortho intramolecular Hbond substituents is 1. The molecule has 3 aromatic rings. The number of carbonyl (C=O) groups excluding carboxylic acids is 1. The van der Waals surface area contributed by atoms with E-state index in [0.29, 0.717) is 17.2 Å². The molecule has 2 aromatic carbocycles. The maximum Gasteiger partial charge on any atom is 0.248 e. The average Bonchev–Trinajstić information content (AvgIpc) is 2.91. The lowest BCUT2D eigenvalue weighted by atomic mass is 10.2. The van der Waals surface area contributed by atoms with E-state index in [4.69, 9.17) is 4.42 Å². The first-order valence-corrected chi connectivity index (χ1v) is 7.17. The molecule has 0 fully saturated rings. The zero-order valence-electron chi connectivity index (χ0n) is 12.8. The maximum atomic E-state index is 11.9. The normalized spacial score (nSPS) is 11.2. The number of anilines is 1. The van der Waals surface area contributed by atoms with Crippen LogP contribution in [-0.2, 0) is 4.79 Å². The summed E-state index contributed by atoms with van der Waals surface area (Å²) in [5, 5.41) is 12.3. The van der Waals surface area contributed by atoms with E-state index in [2.05, 4.69) is 10.3 Å². The molecule has 5 heteroatoms. The molecule has 0 saturated carbocycles. The highest BCUT2D eigenvalue weighted by molar-refractivity contribution is 6.02. The fourth-order valence-corrected chi connectivity index (χ4v) is 2.20. The summed E-state index contributed by atoms with van der Waals surface area (Å²) >= 11 is 0. The zero-order valence-corrected chi connectivity index (χ0v) is 12.8. The topological polar surface area (TPSA) is 75.4 Å². The standard InChI is InChI=1S/C18H16N2O3/c1-11-3-5-15(21)13(9-11)19-17(22)7-8-18-20-14-10-12(2)4-6-16(14)23-18/h3-10,21H,1-2H3,(H,19,22). The summed E-state index contributed by atoms with van der Waals surface area (Å²) < 4.78 is 5.54. The van der Waals surface area contributed by atoms with E-state index in [9.17, 15) is 9.90 Å². The second-order valence-electron chi connectivity index (χ2n) is 5.37. The Morgan fingerprint density at radius 2 is 1.91 bits per heavy atom. The van der Waals surface area contributed by atoms with Gasteiger partial charge in [-0.25, -0.2) is 4.98 Å². The van der Waals surface area contributed by atoms with Crippen LogP contribution in [0.3, 0.4) is 0 Å². The molecule has 0 atom stereocenters. The van der Waals surface area contributed by atoms with E-state index in [0.717, 1.165) is 16.6 Å². The number of aromatic hydroxyl groups is 1. The average molecular weight is 308 g/mol. The van der Waals surface area contributed by atoms with Crippen molar-refractivity contribution in [1.29, 1.82) is 0 Å². The Kier molecular flexibility index (Phi) is 3.85. The summed E-state index contributed by atoms with van der Waals surface area (Å²) in [5.74, 6) is 0.00763. The summed E-state index contributed by atoms with van der Waals surface area (Å²) in [6, 6.07) is 10.7. The largest absolute Gasteiger partial charge is 0.506 e. The number of amides is 1. The highest BCUT2D eigenvalue weighted by Crippen LogP contribution is 2.24. The third-order valence-corrected chi connectivity index (χ3v) is 3.35. The number of oxazole rings is 1. The first kappa shape index (κ1) is 14.8. The lowest BCUT2D eigenvalue weighted by molar-refractivity contribution is -0.111. The van der Waals surface area contributed by atoms with Gasteiger partial charge in [-0.3, -0.25) is 4.79 Å². The van der Waals surface area contributed by atoms with Crippen LogP contribution in [0.25, 0.3) is 17.2 Å². The fourth-order valence-electron chi connectivity index (χ4n) is 2.20.